The largest absolute Gasteiger partial charge is 0.337 e. The number of nitrogens with one attached hydrogen (secondary N) is 1. The Hall–Kier alpha value is -1.62. The Labute approximate surface area is 114 Å². The van der Waals surface area contributed by atoms with Crippen molar-refractivity contribution in [3.63, 3.8) is 0 Å². The van der Waals surface area contributed by atoms with Crippen LogP contribution in [-0.4, -0.2) is 25.9 Å². The molecule has 2 rings (SSSR count). The second kappa shape index (κ2) is 7.09. The molecule has 0 spiro atoms. The van der Waals surface area contributed by atoms with E-state index in [0.717, 1.165) is 26.1 Å². The fourth-order valence-electron chi connectivity index (χ4n) is 2.22. The molecule has 1 N–H and O–H groups in total. The molecule has 0 radical (unpaired) electrons. The van der Waals surface area contributed by atoms with Gasteiger partial charge in [-0.05, 0) is 25.8 Å². The van der Waals surface area contributed by atoms with E-state index in [1.54, 1.807) is 0 Å². The topological polar surface area (TPSA) is 47.7 Å². The number of rotatable bonds is 8. The van der Waals surface area contributed by atoms with E-state index in [9.17, 15) is 0 Å². The normalized spacial score (nSPS) is 11.1. The van der Waals surface area contributed by atoms with Gasteiger partial charge in [-0.15, -0.1) is 0 Å². The van der Waals surface area contributed by atoms with E-state index >= 15 is 0 Å². The number of nitrogens with zero attached hydrogens (tertiary/aromatic N) is 4. The summed E-state index contributed by atoms with van der Waals surface area (Å²) in [5.74, 6) is 0. The molecule has 0 aromatic carbocycles. The maximum atomic E-state index is 4.44. The lowest BCUT2D eigenvalue weighted by atomic mass is 10.2. The highest BCUT2D eigenvalue weighted by atomic mass is 15.3. The number of aryl methyl sites for hydroxylation is 3. The van der Waals surface area contributed by atoms with Gasteiger partial charge in [-0.1, -0.05) is 6.92 Å². The third-order valence-corrected chi connectivity index (χ3v) is 3.22. The van der Waals surface area contributed by atoms with Crippen molar-refractivity contribution in [1.29, 1.82) is 0 Å². The van der Waals surface area contributed by atoms with Crippen LogP contribution >= 0.6 is 0 Å². The fraction of sp³-hybridized carbons (Fsp3) is 0.571. The lowest BCUT2D eigenvalue weighted by Gasteiger charge is -2.05. The summed E-state index contributed by atoms with van der Waals surface area (Å²) in [4.78, 5) is 4.04. The van der Waals surface area contributed by atoms with E-state index in [2.05, 4.69) is 33.1 Å². The van der Waals surface area contributed by atoms with Gasteiger partial charge < -0.3 is 9.88 Å². The summed E-state index contributed by atoms with van der Waals surface area (Å²) in [7, 11) is 1.98. The molecule has 104 valence electrons. The Kier molecular flexibility index (Phi) is 5.15. The SMILES string of the molecule is CCc1nn(C)cc1CNCCCCn1ccnc1. The lowest BCUT2D eigenvalue weighted by molar-refractivity contribution is 0.567. The van der Waals surface area contributed by atoms with E-state index in [1.165, 1.54) is 24.1 Å². The summed E-state index contributed by atoms with van der Waals surface area (Å²) in [6.07, 6.45) is 11.2. The monoisotopic (exact) mass is 261 g/mol. The van der Waals surface area contributed by atoms with Crippen molar-refractivity contribution in [1.82, 2.24) is 24.6 Å². The summed E-state index contributed by atoms with van der Waals surface area (Å²) < 4.78 is 4.02. The van der Waals surface area contributed by atoms with E-state index in [1.807, 2.05) is 30.5 Å². The van der Waals surface area contributed by atoms with Crippen LogP contribution in [0.15, 0.2) is 24.9 Å². The van der Waals surface area contributed by atoms with Crippen molar-refractivity contribution < 1.29 is 0 Å². The Bertz CT molecular complexity index is 472. The first-order chi connectivity index (χ1) is 9.29. The molecule has 0 unspecified atom stereocenters. The number of unbranched alkanes of at least 4 members (excludes halogenated alkanes) is 1. The molecule has 19 heavy (non-hydrogen) atoms. The Morgan fingerprint density at radius 1 is 1.32 bits per heavy atom. The van der Waals surface area contributed by atoms with Gasteiger partial charge in [0.25, 0.3) is 0 Å². The highest BCUT2D eigenvalue weighted by molar-refractivity contribution is 5.16. The predicted molar refractivity (Wildman–Crippen MR) is 75.8 cm³/mol. The van der Waals surface area contributed by atoms with Crippen molar-refractivity contribution in [2.45, 2.75) is 39.3 Å². The van der Waals surface area contributed by atoms with Gasteiger partial charge in [-0.25, -0.2) is 4.98 Å². The van der Waals surface area contributed by atoms with Gasteiger partial charge in [0.05, 0.1) is 12.0 Å². The number of aromatic nitrogens is 4. The van der Waals surface area contributed by atoms with Crippen LogP contribution in [0.3, 0.4) is 0 Å². The average Bonchev–Trinajstić information content (AvgIpc) is 3.03. The van der Waals surface area contributed by atoms with Crippen molar-refractivity contribution >= 4 is 0 Å². The van der Waals surface area contributed by atoms with E-state index in [-0.39, 0.29) is 0 Å². The first-order valence-electron chi connectivity index (χ1n) is 6.97. The summed E-state index contributed by atoms with van der Waals surface area (Å²) in [5.41, 5.74) is 2.52. The van der Waals surface area contributed by atoms with Gasteiger partial charge in [0, 0.05) is 44.3 Å². The second-order valence-electron chi connectivity index (χ2n) is 4.81. The van der Waals surface area contributed by atoms with Gasteiger partial charge in [-0.2, -0.15) is 5.10 Å². The summed E-state index contributed by atoms with van der Waals surface area (Å²) in [5, 5.41) is 7.94. The van der Waals surface area contributed by atoms with Crippen LogP contribution in [-0.2, 0) is 26.6 Å². The van der Waals surface area contributed by atoms with Crippen LogP contribution in [0.2, 0.25) is 0 Å². The van der Waals surface area contributed by atoms with E-state index in [4.69, 9.17) is 0 Å². The lowest BCUT2D eigenvalue weighted by Crippen LogP contribution is -2.15. The van der Waals surface area contributed by atoms with Crippen LogP contribution in [0, 0.1) is 0 Å². The Morgan fingerprint density at radius 2 is 2.21 bits per heavy atom. The molecule has 0 saturated carbocycles. The molecule has 0 amide bonds. The highest BCUT2D eigenvalue weighted by Crippen LogP contribution is 2.06. The molecule has 0 aliphatic rings. The smallest absolute Gasteiger partial charge is 0.0945 e. The standard InChI is InChI=1S/C14H23N5/c1-3-14-13(11-18(2)17-14)10-15-6-4-5-8-19-9-7-16-12-19/h7,9,11-12,15H,3-6,8,10H2,1-2H3. The molecule has 2 aromatic heterocycles. The van der Waals surface area contributed by atoms with Gasteiger partial charge in [0.1, 0.15) is 0 Å². The van der Waals surface area contributed by atoms with Gasteiger partial charge in [-0.3, -0.25) is 4.68 Å². The van der Waals surface area contributed by atoms with Gasteiger partial charge in [0.2, 0.25) is 0 Å². The van der Waals surface area contributed by atoms with Crippen LogP contribution in [0.4, 0.5) is 0 Å². The van der Waals surface area contributed by atoms with Crippen molar-refractivity contribution in [3.8, 4) is 0 Å². The maximum absolute atomic E-state index is 4.44. The fourth-order valence-corrected chi connectivity index (χ4v) is 2.22. The zero-order valence-electron chi connectivity index (χ0n) is 11.8. The van der Waals surface area contributed by atoms with Crippen LogP contribution in [0.1, 0.15) is 31.0 Å². The Balaban J connectivity index is 1.61. The van der Waals surface area contributed by atoms with Crippen LogP contribution in [0.5, 0.6) is 0 Å². The molecule has 5 heteroatoms. The third kappa shape index (κ3) is 4.21. The molecule has 0 bridgehead atoms. The molecule has 0 saturated heterocycles. The minimum Gasteiger partial charge on any atom is -0.337 e. The molecule has 0 fully saturated rings. The molecule has 0 atom stereocenters. The third-order valence-electron chi connectivity index (χ3n) is 3.22. The first kappa shape index (κ1) is 13.8. The highest BCUT2D eigenvalue weighted by Gasteiger charge is 2.04. The number of hydrogen-bond acceptors (Lipinski definition) is 3. The zero-order valence-corrected chi connectivity index (χ0v) is 11.8. The van der Waals surface area contributed by atoms with Crippen molar-refractivity contribution in [2.75, 3.05) is 6.54 Å². The molecule has 0 aliphatic heterocycles. The van der Waals surface area contributed by atoms with Crippen molar-refractivity contribution in [3.05, 3.63) is 36.2 Å². The maximum Gasteiger partial charge on any atom is 0.0945 e. The molecular weight excluding hydrogens is 238 g/mol. The van der Waals surface area contributed by atoms with Gasteiger partial charge in [0.15, 0.2) is 0 Å². The molecular formula is C14H23N5. The van der Waals surface area contributed by atoms with E-state index in [0.29, 0.717) is 0 Å². The summed E-state index contributed by atoms with van der Waals surface area (Å²) in [6, 6.07) is 0. The minimum absolute atomic E-state index is 0.919. The van der Waals surface area contributed by atoms with Crippen LogP contribution < -0.4 is 5.32 Å². The minimum atomic E-state index is 0.919. The quantitative estimate of drug-likeness (QED) is 0.736. The van der Waals surface area contributed by atoms with E-state index < -0.39 is 0 Å². The summed E-state index contributed by atoms with van der Waals surface area (Å²) >= 11 is 0. The van der Waals surface area contributed by atoms with Crippen molar-refractivity contribution in [2.24, 2.45) is 7.05 Å². The summed E-state index contributed by atoms with van der Waals surface area (Å²) in [6.45, 7) is 5.17. The molecule has 0 aliphatic carbocycles. The number of imidazole rings is 1. The molecule has 2 heterocycles. The molecule has 5 nitrogen and oxygen atoms in total. The molecule has 2 aromatic rings. The van der Waals surface area contributed by atoms with Crippen LogP contribution in [0.25, 0.3) is 0 Å². The number of hydrogen-bond donors (Lipinski definition) is 1. The van der Waals surface area contributed by atoms with Gasteiger partial charge >= 0.3 is 0 Å². The first-order valence-corrected chi connectivity index (χ1v) is 6.97. The second-order valence-corrected chi connectivity index (χ2v) is 4.81. The Morgan fingerprint density at radius 3 is 2.95 bits per heavy atom. The predicted octanol–water partition coefficient (Wildman–Crippen LogP) is 1.75. The zero-order chi connectivity index (χ0) is 13.5. The average molecular weight is 261 g/mol.